The maximum Gasteiger partial charge on any atom is 0.433 e. The smallest absolute Gasteiger partial charge is 0.231 e. The van der Waals surface area contributed by atoms with Crippen LogP contribution in [0.25, 0.3) is 0 Å². The summed E-state index contributed by atoms with van der Waals surface area (Å²) in [6, 6.07) is 0.865. The highest BCUT2D eigenvalue weighted by atomic mass is 32.2. The number of alkyl halides is 3. The molecule has 0 fully saturated rings. The fraction of sp³-hybridized carbons (Fsp3) is 0.500. The second-order valence-corrected chi connectivity index (χ2v) is 4.43. The summed E-state index contributed by atoms with van der Waals surface area (Å²) < 4.78 is 36.6. The van der Waals surface area contributed by atoms with E-state index in [0.29, 0.717) is 0 Å². The molecule has 14 heavy (non-hydrogen) atoms. The number of aromatic nitrogens is 2. The van der Waals surface area contributed by atoms with Crippen LogP contribution in [-0.4, -0.2) is 15.2 Å². The predicted octanol–water partition coefficient (Wildman–Crippen LogP) is 3.00. The number of hydrogen-bond acceptors (Lipinski definition) is 3. The summed E-state index contributed by atoms with van der Waals surface area (Å²) >= 11 is 1.21. The fourth-order valence-electron chi connectivity index (χ4n) is 0.766. The molecule has 0 atom stereocenters. The average Bonchev–Trinajstić information content (AvgIpc) is 2.01. The van der Waals surface area contributed by atoms with Crippen molar-refractivity contribution in [2.75, 3.05) is 0 Å². The molecule has 0 saturated carbocycles. The third-order valence-electron chi connectivity index (χ3n) is 1.27. The zero-order valence-electron chi connectivity index (χ0n) is 7.67. The lowest BCUT2D eigenvalue weighted by molar-refractivity contribution is -0.141. The van der Waals surface area contributed by atoms with Crippen molar-refractivity contribution >= 4 is 11.8 Å². The van der Waals surface area contributed by atoms with Gasteiger partial charge in [-0.25, -0.2) is 9.97 Å². The van der Waals surface area contributed by atoms with Crippen LogP contribution in [0.1, 0.15) is 19.5 Å². The Kier molecular flexibility index (Phi) is 3.36. The molecule has 0 saturated heterocycles. The fourth-order valence-corrected chi connectivity index (χ4v) is 1.46. The largest absolute Gasteiger partial charge is 0.433 e. The van der Waals surface area contributed by atoms with Crippen LogP contribution in [0.2, 0.25) is 0 Å². The number of rotatable bonds is 2. The molecule has 78 valence electrons. The molecule has 1 rings (SSSR count). The summed E-state index contributed by atoms with van der Waals surface area (Å²) in [5.74, 6) is 0. The van der Waals surface area contributed by atoms with Crippen LogP contribution in [0.3, 0.4) is 0 Å². The average molecular weight is 222 g/mol. The van der Waals surface area contributed by atoms with Gasteiger partial charge in [-0.3, -0.25) is 0 Å². The summed E-state index contributed by atoms with van der Waals surface area (Å²) in [4.78, 5) is 7.16. The van der Waals surface area contributed by atoms with Gasteiger partial charge in [0.15, 0.2) is 5.16 Å². The molecule has 0 radical (unpaired) electrons. The van der Waals surface area contributed by atoms with Crippen molar-refractivity contribution in [1.29, 1.82) is 0 Å². The molecule has 0 spiro atoms. The Balaban J connectivity index is 2.90. The molecule has 0 N–H and O–H groups in total. The van der Waals surface area contributed by atoms with Crippen LogP contribution in [0.15, 0.2) is 17.4 Å². The maximum absolute atomic E-state index is 12.2. The van der Waals surface area contributed by atoms with Gasteiger partial charge in [-0.1, -0.05) is 25.6 Å². The van der Waals surface area contributed by atoms with Crippen molar-refractivity contribution in [2.24, 2.45) is 0 Å². The van der Waals surface area contributed by atoms with Crippen molar-refractivity contribution in [2.45, 2.75) is 30.4 Å². The lowest BCUT2D eigenvalue weighted by atomic mass is 10.4. The summed E-state index contributed by atoms with van der Waals surface area (Å²) in [6.07, 6.45) is -3.27. The van der Waals surface area contributed by atoms with Gasteiger partial charge in [0.25, 0.3) is 0 Å². The normalized spacial score (nSPS) is 12.1. The zero-order chi connectivity index (χ0) is 10.8. The zero-order valence-corrected chi connectivity index (χ0v) is 8.49. The van der Waals surface area contributed by atoms with Crippen LogP contribution in [-0.2, 0) is 6.18 Å². The Hall–Kier alpha value is -0.780. The minimum atomic E-state index is -4.39. The predicted molar refractivity (Wildman–Crippen MR) is 48.0 cm³/mol. The molecule has 0 bridgehead atoms. The monoisotopic (exact) mass is 222 g/mol. The van der Waals surface area contributed by atoms with Crippen LogP contribution in [0.5, 0.6) is 0 Å². The van der Waals surface area contributed by atoms with Gasteiger partial charge in [-0.2, -0.15) is 13.2 Å². The Bertz CT molecular complexity index is 312. The highest BCUT2D eigenvalue weighted by molar-refractivity contribution is 7.99. The number of nitrogens with zero attached hydrogens (tertiary/aromatic N) is 2. The summed E-state index contributed by atoms with van der Waals surface area (Å²) in [6.45, 7) is 3.74. The topological polar surface area (TPSA) is 25.8 Å². The molecular weight excluding hydrogens is 213 g/mol. The van der Waals surface area contributed by atoms with Gasteiger partial charge in [-0.05, 0) is 6.07 Å². The molecule has 2 nitrogen and oxygen atoms in total. The molecule has 1 heterocycles. The molecule has 6 heteroatoms. The molecule has 0 aliphatic heterocycles. The SMILES string of the molecule is CC(C)Sc1nccc(C(F)(F)F)n1. The molecule has 0 aliphatic carbocycles. The van der Waals surface area contributed by atoms with Gasteiger partial charge in [0, 0.05) is 11.4 Å². The molecule has 0 aliphatic rings. The number of halogens is 3. The highest BCUT2D eigenvalue weighted by Gasteiger charge is 2.32. The van der Waals surface area contributed by atoms with Crippen molar-refractivity contribution < 1.29 is 13.2 Å². The third kappa shape index (κ3) is 3.17. The Morgan fingerprint density at radius 3 is 2.50 bits per heavy atom. The minimum absolute atomic E-state index is 0.162. The number of hydrogen-bond donors (Lipinski definition) is 0. The van der Waals surface area contributed by atoms with Gasteiger partial charge in [0.2, 0.25) is 0 Å². The molecule has 1 aromatic heterocycles. The van der Waals surface area contributed by atoms with E-state index in [0.717, 1.165) is 12.3 Å². The van der Waals surface area contributed by atoms with Gasteiger partial charge in [0.1, 0.15) is 5.69 Å². The first-order chi connectivity index (χ1) is 6.39. The summed E-state index contributed by atoms with van der Waals surface area (Å²) in [5.41, 5.74) is -0.893. The Morgan fingerprint density at radius 1 is 1.36 bits per heavy atom. The number of thioether (sulfide) groups is 1. The molecular formula is C8H9F3N2S. The third-order valence-corrected chi connectivity index (χ3v) is 2.14. The van der Waals surface area contributed by atoms with Gasteiger partial charge < -0.3 is 0 Å². The van der Waals surface area contributed by atoms with E-state index in [1.165, 1.54) is 11.8 Å². The van der Waals surface area contributed by atoms with E-state index in [9.17, 15) is 13.2 Å². The van der Waals surface area contributed by atoms with E-state index in [-0.39, 0.29) is 10.4 Å². The van der Waals surface area contributed by atoms with Gasteiger partial charge >= 0.3 is 6.18 Å². The first-order valence-electron chi connectivity index (χ1n) is 3.96. The van der Waals surface area contributed by atoms with Gasteiger partial charge in [0.05, 0.1) is 0 Å². The van der Waals surface area contributed by atoms with E-state index in [1.54, 1.807) is 0 Å². The van der Waals surface area contributed by atoms with E-state index >= 15 is 0 Å². The van der Waals surface area contributed by atoms with Crippen molar-refractivity contribution in [3.8, 4) is 0 Å². The molecule has 0 unspecified atom stereocenters. The van der Waals surface area contributed by atoms with Gasteiger partial charge in [-0.15, -0.1) is 0 Å². The molecule has 0 amide bonds. The van der Waals surface area contributed by atoms with Crippen molar-refractivity contribution in [3.05, 3.63) is 18.0 Å². The lowest BCUT2D eigenvalue weighted by Crippen LogP contribution is -2.09. The van der Waals surface area contributed by atoms with Crippen molar-refractivity contribution in [1.82, 2.24) is 9.97 Å². The standard InChI is InChI=1S/C8H9F3N2S/c1-5(2)14-7-12-4-3-6(13-7)8(9,10)11/h3-5H,1-2H3. The second kappa shape index (κ2) is 4.16. The van der Waals surface area contributed by atoms with E-state index in [4.69, 9.17) is 0 Å². The van der Waals surface area contributed by atoms with Crippen LogP contribution in [0, 0.1) is 0 Å². The highest BCUT2D eigenvalue weighted by Crippen LogP contribution is 2.28. The molecule has 1 aromatic rings. The second-order valence-electron chi connectivity index (χ2n) is 2.89. The Labute approximate surface area is 84.0 Å². The first kappa shape index (κ1) is 11.3. The maximum atomic E-state index is 12.2. The van der Waals surface area contributed by atoms with Crippen LogP contribution < -0.4 is 0 Å². The summed E-state index contributed by atoms with van der Waals surface area (Å²) in [7, 11) is 0. The van der Waals surface area contributed by atoms with E-state index < -0.39 is 11.9 Å². The van der Waals surface area contributed by atoms with Crippen LogP contribution in [0.4, 0.5) is 13.2 Å². The van der Waals surface area contributed by atoms with E-state index in [2.05, 4.69) is 9.97 Å². The summed E-state index contributed by atoms with van der Waals surface area (Å²) in [5, 5.41) is 0.327. The van der Waals surface area contributed by atoms with Crippen molar-refractivity contribution in [3.63, 3.8) is 0 Å². The Morgan fingerprint density at radius 2 is 2.00 bits per heavy atom. The first-order valence-corrected chi connectivity index (χ1v) is 4.84. The molecule has 0 aromatic carbocycles. The quantitative estimate of drug-likeness (QED) is 0.568. The lowest BCUT2D eigenvalue weighted by Gasteiger charge is -2.07. The van der Waals surface area contributed by atoms with E-state index in [1.807, 2.05) is 13.8 Å². The van der Waals surface area contributed by atoms with Crippen LogP contribution >= 0.6 is 11.8 Å². The minimum Gasteiger partial charge on any atom is -0.231 e.